The lowest BCUT2D eigenvalue weighted by Gasteiger charge is -2.18. The zero-order chi connectivity index (χ0) is 7.91. The van der Waals surface area contributed by atoms with E-state index in [-0.39, 0.29) is 5.54 Å². The molecule has 0 saturated heterocycles. The van der Waals surface area contributed by atoms with Crippen LogP contribution in [0.1, 0.15) is 33.6 Å². The lowest BCUT2D eigenvalue weighted by Crippen LogP contribution is -2.33. The predicted molar refractivity (Wildman–Crippen MR) is 43.3 cm³/mol. The summed E-state index contributed by atoms with van der Waals surface area (Å²) in [5, 5.41) is 0. The minimum atomic E-state index is 0.0833. The largest absolute Gasteiger partial charge is 0.333 e. The Labute approximate surface area is 58.6 Å². The van der Waals surface area contributed by atoms with Gasteiger partial charge in [0.2, 0.25) is 0 Å². The van der Waals surface area contributed by atoms with Gasteiger partial charge in [-0.15, -0.1) is 0 Å². The summed E-state index contributed by atoms with van der Waals surface area (Å²) >= 11 is 0. The van der Waals surface area contributed by atoms with Gasteiger partial charge in [-0.1, -0.05) is 13.8 Å². The van der Waals surface area contributed by atoms with Crippen molar-refractivity contribution in [2.45, 2.75) is 39.2 Å². The second kappa shape index (κ2) is 6.05. The average molecular weight is 132 g/mol. The molecule has 0 rings (SSSR count). The Bertz CT molecular complexity index is 44.9. The predicted octanol–water partition coefficient (Wildman–Crippen LogP) is 1.10. The molecule has 0 spiro atoms. The fourth-order valence-corrected chi connectivity index (χ4v) is 0.250. The van der Waals surface area contributed by atoms with Gasteiger partial charge in [-0.3, -0.25) is 0 Å². The van der Waals surface area contributed by atoms with Crippen LogP contribution in [0, 0.1) is 0 Å². The Balaban J connectivity index is 0. The van der Waals surface area contributed by atoms with Crippen molar-refractivity contribution in [3.8, 4) is 0 Å². The van der Waals surface area contributed by atoms with Crippen LogP contribution in [-0.2, 0) is 0 Å². The smallest absolute Gasteiger partial charge is 0.0120 e. The molecule has 0 unspecified atom stereocenters. The molecule has 0 amide bonds. The van der Waals surface area contributed by atoms with Gasteiger partial charge < -0.3 is 11.5 Å². The summed E-state index contributed by atoms with van der Waals surface area (Å²) in [5.41, 5.74) is 10.3. The van der Waals surface area contributed by atoms with Crippen molar-refractivity contribution in [2.24, 2.45) is 11.5 Å². The lowest BCUT2D eigenvalue weighted by atomic mass is 9.98. The highest BCUT2D eigenvalue weighted by Gasteiger charge is 2.10. The zero-order valence-electron chi connectivity index (χ0n) is 7.07. The molecule has 2 heteroatoms. The molecule has 0 fully saturated rings. The molecule has 58 valence electrons. The third kappa shape index (κ3) is 7.92. The van der Waals surface area contributed by atoms with Gasteiger partial charge in [0.25, 0.3) is 0 Å². The van der Waals surface area contributed by atoms with Crippen LogP contribution in [0.5, 0.6) is 0 Å². The van der Waals surface area contributed by atoms with Crippen molar-refractivity contribution in [1.29, 1.82) is 0 Å². The first-order valence-corrected chi connectivity index (χ1v) is 3.49. The first-order chi connectivity index (χ1) is 4.12. The lowest BCUT2D eigenvalue weighted by molar-refractivity contribution is 0.437. The molecule has 0 heterocycles. The number of hydrogen-bond acceptors (Lipinski definition) is 2. The molecule has 0 bridgehead atoms. The Morgan fingerprint density at radius 2 is 1.33 bits per heavy atom. The van der Waals surface area contributed by atoms with Crippen molar-refractivity contribution in [2.75, 3.05) is 7.05 Å². The van der Waals surface area contributed by atoms with Crippen molar-refractivity contribution in [3.05, 3.63) is 0 Å². The third-order valence-corrected chi connectivity index (χ3v) is 1.62. The second-order valence-corrected chi connectivity index (χ2v) is 2.36. The maximum absolute atomic E-state index is 5.72. The van der Waals surface area contributed by atoms with Crippen molar-refractivity contribution in [3.63, 3.8) is 0 Å². The van der Waals surface area contributed by atoms with Gasteiger partial charge in [0.05, 0.1) is 0 Å². The second-order valence-electron chi connectivity index (χ2n) is 2.36. The quantitative estimate of drug-likeness (QED) is 0.591. The molecule has 0 aliphatic rings. The SMILES string of the molecule is CCC(C)(N)CC.CN. The van der Waals surface area contributed by atoms with Crippen LogP contribution in [0.2, 0.25) is 0 Å². The van der Waals surface area contributed by atoms with E-state index < -0.39 is 0 Å². The van der Waals surface area contributed by atoms with Crippen LogP contribution in [-0.4, -0.2) is 12.6 Å². The van der Waals surface area contributed by atoms with Gasteiger partial charge in [0.1, 0.15) is 0 Å². The molecular formula is C7H20N2. The van der Waals surface area contributed by atoms with Crippen LogP contribution in [0.3, 0.4) is 0 Å². The first-order valence-electron chi connectivity index (χ1n) is 3.49. The Morgan fingerprint density at radius 1 is 1.11 bits per heavy atom. The minimum Gasteiger partial charge on any atom is -0.333 e. The topological polar surface area (TPSA) is 52.0 Å². The number of hydrogen-bond donors (Lipinski definition) is 2. The Morgan fingerprint density at radius 3 is 1.33 bits per heavy atom. The fourth-order valence-electron chi connectivity index (χ4n) is 0.250. The summed E-state index contributed by atoms with van der Waals surface area (Å²) in [6.07, 6.45) is 2.15. The van der Waals surface area contributed by atoms with Crippen LogP contribution < -0.4 is 11.5 Å². The average Bonchev–Trinajstić information content (AvgIpc) is 1.93. The van der Waals surface area contributed by atoms with Gasteiger partial charge in [-0.25, -0.2) is 0 Å². The van der Waals surface area contributed by atoms with Crippen molar-refractivity contribution < 1.29 is 0 Å². The van der Waals surface area contributed by atoms with E-state index in [1.807, 2.05) is 0 Å². The van der Waals surface area contributed by atoms with E-state index in [1.165, 1.54) is 7.05 Å². The summed E-state index contributed by atoms with van der Waals surface area (Å²) < 4.78 is 0. The zero-order valence-corrected chi connectivity index (χ0v) is 7.07. The summed E-state index contributed by atoms with van der Waals surface area (Å²) in [7, 11) is 1.50. The molecule has 2 nitrogen and oxygen atoms in total. The molecule has 0 saturated carbocycles. The van der Waals surface area contributed by atoms with Crippen LogP contribution in [0.4, 0.5) is 0 Å². The summed E-state index contributed by atoms with van der Waals surface area (Å²) in [5.74, 6) is 0. The molecule has 0 atom stereocenters. The van der Waals surface area contributed by atoms with Crippen molar-refractivity contribution >= 4 is 0 Å². The third-order valence-electron chi connectivity index (χ3n) is 1.62. The van der Waals surface area contributed by atoms with E-state index in [2.05, 4.69) is 26.5 Å². The summed E-state index contributed by atoms with van der Waals surface area (Å²) in [6.45, 7) is 6.31. The van der Waals surface area contributed by atoms with E-state index in [1.54, 1.807) is 0 Å². The first kappa shape index (κ1) is 11.7. The molecule has 0 aromatic heterocycles. The molecule has 9 heavy (non-hydrogen) atoms. The van der Waals surface area contributed by atoms with E-state index >= 15 is 0 Å². The number of nitrogens with two attached hydrogens (primary N) is 2. The molecule has 4 N–H and O–H groups in total. The normalized spacial score (nSPS) is 10.0. The maximum Gasteiger partial charge on any atom is 0.0120 e. The van der Waals surface area contributed by atoms with E-state index in [9.17, 15) is 0 Å². The maximum atomic E-state index is 5.72. The standard InChI is InChI=1S/C6H15N.CH5N/c1-4-6(3,7)5-2;1-2/h4-5,7H2,1-3H3;2H2,1H3. The van der Waals surface area contributed by atoms with Gasteiger partial charge in [0, 0.05) is 5.54 Å². The van der Waals surface area contributed by atoms with Gasteiger partial charge in [0.15, 0.2) is 0 Å². The van der Waals surface area contributed by atoms with Crippen LogP contribution in [0.15, 0.2) is 0 Å². The highest BCUT2D eigenvalue weighted by Crippen LogP contribution is 2.07. The Hall–Kier alpha value is -0.0800. The molecule has 0 radical (unpaired) electrons. The van der Waals surface area contributed by atoms with Gasteiger partial charge in [-0.2, -0.15) is 0 Å². The van der Waals surface area contributed by atoms with E-state index in [0.29, 0.717) is 0 Å². The van der Waals surface area contributed by atoms with Gasteiger partial charge in [-0.05, 0) is 26.8 Å². The fraction of sp³-hybridized carbons (Fsp3) is 1.00. The molecule has 0 aromatic rings. The van der Waals surface area contributed by atoms with Crippen LogP contribution >= 0.6 is 0 Å². The van der Waals surface area contributed by atoms with Crippen LogP contribution in [0.25, 0.3) is 0 Å². The van der Waals surface area contributed by atoms with E-state index in [4.69, 9.17) is 5.73 Å². The highest BCUT2D eigenvalue weighted by atomic mass is 14.7. The summed E-state index contributed by atoms with van der Waals surface area (Å²) in [6, 6.07) is 0. The highest BCUT2D eigenvalue weighted by molar-refractivity contribution is 4.72. The molecular weight excluding hydrogens is 112 g/mol. The van der Waals surface area contributed by atoms with Crippen molar-refractivity contribution in [1.82, 2.24) is 0 Å². The number of rotatable bonds is 2. The molecule has 0 aliphatic heterocycles. The van der Waals surface area contributed by atoms with Gasteiger partial charge >= 0.3 is 0 Å². The molecule has 0 aliphatic carbocycles. The minimum absolute atomic E-state index is 0.0833. The Kier molecular flexibility index (Phi) is 7.85. The monoisotopic (exact) mass is 132 g/mol. The summed E-state index contributed by atoms with van der Waals surface area (Å²) in [4.78, 5) is 0. The van der Waals surface area contributed by atoms with E-state index in [0.717, 1.165) is 12.8 Å². The molecule has 0 aromatic carbocycles.